The molecule has 2 aromatic heterocycles. The van der Waals surface area contributed by atoms with Crippen LogP contribution in [-0.2, 0) is 0 Å². The fourth-order valence-electron chi connectivity index (χ4n) is 3.41. The Kier molecular flexibility index (Phi) is 6.11. The maximum Gasteiger partial charge on any atom is 0.323 e. The van der Waals surface area contributed by atoms with E-state index in [1.54, 1.807) is 35.4 Å². The molecule has 0 spiro atoms. The van der Waals surface area contributed by atoms with Gasteiger partial charge in [-0.15, -0.1) is 0 Å². The summed E-state index contributed by atoms with van der Waals surface area (Å²) in [7, 11) is 0. The lowest BCUT2D eigenvalue weighted by molar-refractivity contribution is 0.0735. The van der Waals surface area contributed by atoms with Crippen LogP contribution in [0.1, 0.15) is 17.0 Å². The smallest absolute Gasteiger partial charge is 0.323 e. The summed E-state index contributed by atoms with van der Waals surface area (Å²) in [4.78, 5) is 32.9. The molecule has 0 atom stereocenters. The van der Waals surface area contributed by atoms with Crippen molar-refractivity contribution in [3.05, 3.63) is 72.6 Å². The predicted molar refractivity (Wildman–Crippen MR) is 115 cm³/mol. The highest BCUT2D eigenvalue weighted by atomic mass is 19.1. The molecule has 160 valence electrons. The van der Waals surface area contributed by atoms with E-state index in [-0.39, 0.29) is 5.91 Å². The fourth-order valence-corrected chi connectivity index (χ4v) is 3.41. The third-order valence-corrected chi connectivity index (χ3v) is 4.93. The van der Waals surface area contributed by atoms with E-state index in [4.69, 9.17) is 4.42 Å². The number of carbonyl (C=O) groups is 2. The molecule has 3 aromatic rings. The van der Waals surface area contributed by atoms with Gasteiger partial charge in [0.1, 0.15) is 11.6 Å². The molecule has 1 aliphatic rings. The third kappa shape index (κ3) is 5.19. The second-order valence-corrected chi connectivity index (χ2v) is 7.10. The first-order valence-electron chi connectivity index (χ1n) is 9.96. The van der Waals surface area contributed by atoms with Gasteiger partial charge in [-0.1, -0.05) is 6.07 Å². The number of pyridine rings is 1. The van der Waals surface area contributed by atoms with Gasteiger partial charge in [-0.05, 0) is 48.9 Å². The van der Waals surface area contributed by atoms with Crippen molar-refractivity contribution in [1.29, 1.82) is 0 Å². The van der Waals surface area contributed by atoms with Crippen molar-refractivity contribution >= 4 is 29.1 Å². The van der Waals surface area contributed by atoms with Gasteiger partial charge >= 0.3 is 6.03 Å². The molecule has 3 amide bonds. The summed E-state index contributed by atoms with van der Waals surface area (Å²) in [6.45, 7) is 2.63. The molecule has 1 aromatic carbocycles. The van der Waals surface area contributed by atoms with Gasteiger partial charge in [-0.25, -0.2) is 14.2 Å². The molecule has 31 heavy (non-hydrogen) atoms. The third-order valence-electron chi connectivity index (χ3n) is 4.93. The number of halogens is 1. The van der Waals surface area contributed by atoms with Crippen molar-refractivity contribution in [2.75, 3.05) is 41.7 Å². The van der Waals surface area contributed by atoms with Crippen LogP contribution in [0.5, 0.6) is 0 Å². The van der Waals surface area contributed by atoms with Crippen molar-refractivity contribution in [2.24, 2.45) is 0 Å². The average Bonchev–Trinajstić information content (AvgIpc) is 3.19. The topological polar surface area (TPSA) is 90.7 Å². The first kappa shape index (κ1) is 20.4. The number of carbonyl (C=O) groups excluding carboxylic acids is 2. The Morgan fingerprint density at radius 3 is 2.58 bits per heavy atom. The summed E-state index contributed by atoms with van der Waals surface area (Å²) >= 11 is 0. The zero-order valence-corrected chi connectivity index (χ0v) is 16.8. The number of anilines is 3. The van der Waals surface area contributed by atoms with E-state index in [0.717, 1.165) is 18.8 Å². The molecule has 8 nitrogen and oxygen atoms in total. The van der Waals surface area contributed by atoms with E-state index >= 15 is 0 Å². The van der Waals surface area contributed by atoms with Gasteiger partial charge in [-0.2, -0.15) is 0 Å². The quantitative estimate of drug-likeness (QED) is 0.666. The van der Waals surface area contributed by atoms with Gasteiger partial charge in [0, 0.05) is 31.9 Å². The number of nitrogens with zero attached hydrogens (tertiary/aromatic N) is 3. The number of aromatic nitrogens is 1. The lowest BCUT2D eigenvalue weighted by Gasteiger charge is -2.22. The molecule has 0 bridgehead atoms. The second-order valence-electron chi connectivity index (χ2n) is 7.10. The minimum absolute atomic E-state index is 0.108. The summed E-state index contributed by atoms with van der Waals surface area (Å²) in [6, 6.07) is 12.1. The molecule has 1 saturated heterocycles. The van der Waals surface area contributed by atoms with Crippen LogP contribution in [0, 0.1) is 5.82 Å². The molecule has 2 N–H and O–H groups in total. The van der Waals surface area contributed by atoms with Crippen molar-refractivity contribution in [3.63, 3.8) is 0 Å². The van der Waals surface area contributed by atoms with Crippen LogP contribution in [0.2, 0.25) is 0 Å². The number of amides is 3. The highest BCUT2D eigenvalue weighted by Gasteiger charge is 2.22. The van der Waals surface area contributed by atoms with Gasteiger partial charge < -0.3 is 24.9 Å². The van der Waals surface area contributed by atoms with E-state index in [1.165, 1.54) is 24.5 Å². The van der Waals surface area contributed by atoms with Crippen LogP contribution in [0.3, 0.4) is 0 Å². The van der Waals surface area contributed by atoms with Crippen molar-refractivity contribution in [1.82, 2.24) is 9.88 Å². The van der Waals surface area contributed by atoms with Crippen LogP contribution in [0.15, 0.2) is 65.4 Å². The number of urea groups is 1. The molecule has 9 heteroatoms. The van der Waals surface area contributed by atoms with Crippen LogP contribution >= 0.6 is 0 Å². The van der Waals surface area contributed by atoms with Gasteiger partial charge in [0.2, 0.25) is 0 Å². The lowest BCUT2D eigenvalue weighted by Crippen LogP contribution is -2.35. The molecule has 0 radical (unpaired) electrons. The molecule has 1 fully saturated rings. The highest BCUT2D eigenvalue weighted by Crippen LogP contribution is 2.18. The van der Waals surface area contributed by atoms with Crippen LogP contribution in [0.4, 0.5) is 26.4 Å². The summed E-state index contributed by atoms with van der Waals surface area (Å²) in [5.74, 6) is 0.580. The Morgan fingerprint density at radius 2 is 1.84 bits per heavy atom. The van der Waals surface area contributed by atoms with Gasteiger partial charge in [0.25, 0.3) is 5.91 Å². The van der Waals surface area contributed by atoms with E-state index < -0.39 is 11.8 Å². The highest BCUT2D eigenvalue weighted by molar-refractivity contribution is 5.99. The summed E-state index contributed by atoms with van der Waals surface area (Å²) in [5.41, 5.74) is 0.877. The Morgan fingerprint density at radius 1 is 0.968 bits per heavy atom. The van der Waals surface area contributed by atoms with Crippen LogP contribution in [-0.4, -0.2) is 48.0 Å². The molecule has 0 unspecified atom stereocenters. The number of benzene rings is 1. The summed E-state index contributed by atoms with van der Waals surface area (Å²) in [6.07, 6.45) is 3.87. The molecule has 0 saturated carbocycles. The first-order chi connectivity index (χ1) is 15.1. The lowest BCUT2D eigenvalue weighted by atomic mass is 10.3. The van der Waals surface area contributed by atoms with Gasteiger partial charge in [0.15, 0.2) is 5.76 Å². The Labute approximate surface area is 178 Å². The molecule has 3 heterocycles. The molecule has 0 aliphatic carbocycles. The SMILES string of the molecule is O=C(Nc1ccc(N2CCCN(C(=O)c3ccco3)CC2)nc1)Nc1cccc(F)c1. The Hall–Kier alpha value is -3.88. The minimum atomic E-state index is -0.484. The van der Waals surface area contributed by atoms with Crippen molar-refractivity contribution in [3.8, 4) is 0 Å². The van der Waals surface area contributed by atoms with E-state index in [9.17, 15) is 14.0 Å². The zero-order valence-electron chi connectivity index (χ0n) is 16.8. The Balaban J connectivity index is 1.32. The van der Waals surface area contributed by atoms with E-state index in [0.29, 0.717) is 36.8 Å². The number of hydrogen-bond acceptors (Lipinski definition) is 5. The number of rotatable bonds is 4. The van der Waals surface area contributed by atoms with Gasteiger partial charge in [0.05, 0.1) is 18.1 Å². The average molecular weight is 423 g/mol. The van der Waals surface area contributed by atoms with Crippen molar-refractivity contribution < 1.29 is 18.4 Å². The molecular weight excluding hydrogens is 401 g/mol. The molecule has 1 aliphatic heterocycles. The van der Waals surface area contributed by atoms with Gasteiger partial charge in [-0.3, -0.25) is 4.79 Å². The first-order valence-corrected chi connectivity index (χ1v) is 9.96. The minimum Gasteiger partial charge on any atom is -0.459 e. The standard InChI is InChI=1S/C22H22FN5O3/c23-16-4-1-5-17(14-16)25-22(30)26-18-7-8-20(24-15-18)27-9-3-10-28(12-11-27)21(29)19-6-2-13-31-19/h1-2,4-8,13-15H,3,9-12H2,(H2,25,26,30). The molecular formula is C22H22FN5O3. The number of nitrogens with one attached hydrogen (secondary N) is 2. The van der Waals surface area contributed by atoms with Crippen molar-refractivity contribution in [2.45, 2.75) is 6.42 Å². The monoisotopic (exact) mass is 423 g/mol. The summed E-state index contributed by atoms with van der Waals surface area (Å²) in [5, 5.41) is 5.24. The predicted octanol–water partition coefficient (Wildman–Crippen LogP) is 3.81. The van der Waals surface area contributed by atoms with E-state index in [1.807, 2.05) is 6.07 Å². The molecule has 4 rings (SSSR count). The van der Waals surface area contributed by atoms with Crippen LogP contribution < -0.4 is 15.5 Å². The maximum absolute atomic E-state index is 13.2. The zero-order chi connectivity index (χ0) is 21.6. The normalized spacial score (nSPS) is 14.1. The maximum atomic E-state index is 13.2. The number of hydrogen-bond donors (Lipinski definition) is 2. The summed E-state index contributed by atoms with van der Waals surface area (Å²) < 4.78 is 18.4. The van der Waals surface area contributed by atoms with Crippen LogP contribution in [0.25, 0.3) is 0 Å². The largest absolute Gasteiger partial charge is 0.459 e. The second kappa shape index (κ2) is 9.29. The number of furan rings is 1. The van der Waals surface area contributed by atoms with E-state index in [2.05, 4.69) is 20.5 Å². The Bertz CT molecular complexity index is 1040. The fraction of sp³-hybridized carbons (Fsp3) is 0.227.